The number of nitrogens with two attached hydrogens (primary N) is 1. The summed E-state index contributed by atoms with van der Waals surface area (Å²) in [6.45, 7) is 6.51. The van der Waals surface area contributed by atoms with Crippen molar-refractivity contribution in [2.75, 3.05) is 5.73 Å². The number of nitrogens with zero attached hydrogens (tertiary/aromatic N) is 2. The summed E-state index contributed by atoms with van der Waals surface area (Å²) in [5.74, 6) is 0. The first kappa shape index (κ1) is 8.46. The molecule has 4 heteroatoms. The molecule has 0 amide bonds. The summed E-state index contributed by atoms with van der Waals surface area (Å²) in [6, 6.07) is 0. The Labute approximate surface area is 70.6 Å². The van der Waals surface area contributed by atoms with Gasteiger partial charge in [-0.1, -0.05) is 32.1 Å². The highest BCUT2D eigenvalue weighted by molar-refractivity contribution is 7.15. The van der Waals surface area contributed by atoms with Gasteiger partial charge in [0.25, 0.3) is 0 Å². The average Bonchev–Trinajstić information content (AvgIpc) is 2.10. The van der Waals surface area contributed by atoms with Crippen LogP contribution in [-0.4, -0.2) is 10.2 Å². The summed E-state index contributed by atoms with van der Waals surface area (Å²) in [5, 5.41) is 9.27. The first-order valence-electron chi connectivity index (χ1n) is 3.55. The highest BCUT2D eigenvalue weighted by Crippen LogP contribution is 2.23. The molecule has 62 valence electrons. The standard InChI is InChI=1S/C7H13N3S/c1-7(2,3)4-5-9-10-6(8)11-5/h4H2,1-3H3,(H2,8,10). The number of anilines is 1. The smallest absolute Gasteiger partial charge is 0.203 e. The van der Waals surface area contributed by atoms with Gasteiger partial charge < -0.3 is 5.73 Å². The molecule has 0 saturated carbocycles. The second-order valence-corrected chi connectivity index (χ2v) is 4.87. The van der Waals surface area contributed by atoms with Gasteiger partial charge in [0.15, 0.2) is 0 Å². The molecule has 3 nitrogen and oxygen atoms in total. The second-order valence-electron chi connectivity index (χ2n) is 3.77. The molecule has 0 aliphatic heterocycles. The maximum atomic E-state index is 5.44. The Morgan fingerprint density at radius 2 is 2.00 bits per heavy atom. The van der Waals surface area contributed by atoms with E-state index in [1.165, 1.54) is 11.3 Å². The van der Waals surface area contributed by atoms with E-state index >= 15 is 0 Å². The first-order valence-corrected chi connectivity index (χ1v) is 4.37. The summed E-state index contributed by atoms with van der Waals surface area (Å²) in [5.41, 5.74) is 5.71. The quantitative estimate of drug-likeness (QED) is 0.699. The molecule has 0 aromatic carbocycles. The largest absolute Gasteiger partial charge is 0.374 e. The van der Waals surface area contributed by atoms with E-state index in [2.05, 4.69) is 31.0 Å². The van der Waals surface area contributed by atoms with E-state index < -0.39 is 0 Å². The zero-order chi connectivity index (χ0) is 8.48. The molecular formula is C7H13N3S. The zero-order valence-electron chi connectivity index (χ0n) is 7.09. The van der Waals surface area contributed by atoms with Gasteiger partial charge in [0.2, 0.25) is 5.13 Å². The number of hydrogen-bond acceptors (Lipinski definition) is 4. The van der Waals surface area contributed by atoms with Crippen LogP contribution >= 0.6 is 11.3 Å². The van der Waals surface area contributed by atoms with Crippen molar-refractivity contribution in [3.05, 3.63) is 5.01 Å². The van der Waals surface area contributed by atoms with Gasteiger partial charge in [-0.2, -0.15) is 0 Å². The molecule has 0 aliphatic rings. The molecule has 0 radical (unpaired) electrons. The SMILES string of the molecule is CC(C)(C)Cc1nnc(N)s1. The highest BCUT2D eigenvalue weighted by atomic mass is 32.1. The van der Waals surface area contributed by atoms with Crippen molar-refractivity contribution in [1.29, 1.82) is 0 Å². The van der Waals surface area contributed by atoms with Crippen LogP contribution in [-0.2, 0) is 6.42 Å². The Balaban J connectivity index is 2.65. The Morgan fingerprint density at radius 1 is 1.36 bits per heavy atom. The molecule has 0 unspecified atom stereocenters. The minimum absolute atomic E-state index is 0.270. The van der Waals surface area contributed by atoms with E-state index in [-0.39, 0.29) is 5.41 Å². The van der Waals surface area contributed by atoms with Crippen molar-refractivity contribution in [1.82, 2.24) is 10.2 Å². The Kier molecular flexibility index (Phi) is 2.13. The summed E-state index contributed by atoms with van der Waals surface area (Å²) in [4.78, 5) is 0. The van der Waals surface area contributed by atoms with E-state index in [0.29, 0.717) is 5.13 Å². The van der Waals surface area contributed by atoms with Gasteiger partial charge in [-0.3, -0.25) is 0 Å². The van der Waals surface area contributed by atoms with E-state index in [1.807, 2.05) is 0 Å². The first-order chi connectivity index (χ1) is 4.97. The monoisotopic (exact) mass is 171 g/mol. The van der Waals surface area contributed by atoms with Crippen LogP contribution in [0.3, 0.4) is 0 Å². The Hall–Kier alpha value is -0.640. The van der Waals surface area contributed by atoms with Gasteiger partial charge in [0.05, 0.1) is 0 Å². The molecule has 0 spiro atoms. The topological polar surface area (TPSA) is 51.8 Å². The third kappa shape index (κ3) is 2.84. The van der Waals surface area contributed by atoms with Gasteiger partial charge in [-0.05, 0) is 5.41 Å². The lowest BCUT2D eigenvalue weighted by Gasteiger charge is -2.14. The molecule has 0 fully saturated rings. The van der Waals surface area contributed by atoms with Crippen molar-refractivity contribution >= 4 is 16.5 Å². The molecule has 1 heterocycles. The minimum Gasteiger partial charge on any atom is -0.374 e. The molecule has 2 N–H and O–H groups in total. The molecular weight excluding hydrogens is 158 g/mol. The Morgan fingerprint density at radius 3 is 2.36 bits per heavy atom. The van der Waals surface area contributed by atoms with Crippen molar-refractivity contribution in [2.45, 2.75) is 27.2 Å². The van der Waals surface area contributed by atoms with E-state index in [4.69, 9.17) is 5.73 Å². The fourth-order valence-electron chi connectivity index (χ4n) is 0.792. The summed E-state index contributed by atoms with van der Waals surface area (Å²) in [6.07, 6.45) is 0.946. The van der Waals surface area contributed by atoms with E-state index in [9.17, 15) is 0 Å². The van der Waals surface area contributed by atoms with Crippen LogP contribution in [0.15, 0.2) is 0 Å². The fraction of sp³-hybridized carbons (Fsp3) is 0.714. The summed E-state index contributed by atoms with van der Waals surface area (Å²) >= 11 is 1.47. The second kappa shape index (κ2) is 2.77. The van der Waals surface area contributed by atoms with Gasteiger partial charge >= 0.3 is 0 Å². The molecule has 0 bridgehead atoms. The average molecular weight is 171 g/mol. The molecule has 0 atom stereocenters. The lowest BCUT2D eigenvalue weighted by Crippen LogP contribution is -2.08. The number of aromatic nitrogens is 2. The Bertz CT molecular complexity index is 236. The number of rotatable bonds is 1. The highest BCUT2D eigenvalue weighted by Gasteiger charge is 2.13. The molecule has 1 aromatic heterocycles. The van der Waals surface area contributed by atoms with Crippen LogP contribution in [0.4, 0.5) is 5.13 Å². The predicted molar refractivity (Wildman–Crippen MR) is 47.5 cm³/mol. The van der Waals surface area contributed by atoms with E-state index in [1.54, 1.807) is 0 Å². The molecule has 1 rings (SSSR count). The molecule has 0 saturated heterocycles. The zero-order valence-corrected chi connectivity index (χ0v) is 7.90. The lowest BCUT2D eigenvalue weighted by molar-refractivity contribution is 0.409. The van der Waals surface area contributed by atoms with Crippen LogP contribution in [0.5, 0.6) is 0 Å². The fourth-order valence-corrected chi connectivity index (χ4v) is 1.70. The van der Waals surface area contributed by atoms with Crippen molar-refractivity contribution in [2.24, 2.45) is 5.41 Å². The third-order valence-electron chi connectivity index (χ3n) is 1.16. The molecule has 1 aromatic rings. The number of hydrogen-bond donors (Lipinski definition) is 1. The van der Waals surface area contributed by atoms with Gasteiger partial charge in [0.1, 0.15) is 5.01 Å². The van der Waals surface area contributed by atoms with Crippen LogP contribution < -0.4 is 5.73 Å². The van der Waals surface area contributed by atoms with Crippen LogP contribution in [0.2, 0.25) is 0 Å². The van der Waals surface area contributed by atoms with Crippen LogP contribution in [0, 0.1) is 5.41 Å². The van der Waals surface area contributed by atoms with Gasteiger partial charge in [0, 0.05) is 6.42 Å². The van der Waals surface area contributed by atoms with Crippen molar-refractivity contribution in [3.63, 3.8) is 0 Å². The maximum absolute atomic E-state index is 5.44. The van der Waals surface area contributed by atoms with Crippen LogP contribution in [0.1, 0.15) is 25.8 Å². The third-order valence-corrected chi connectivity index (χ3v) is 1.92. The summed E-state index contributed by atoms with van der Waals surface area (Å²) in [7, 11) is 0. The normalized spacial score (nSPS) is 11.9. The lowest BCUT2D eigenvalue weighted by atomic mass is 9.93. The summed E-state index contributed by atoms with van der Waals surface area (Å²) < 4.78 is 0. The predicted octanol–water partition coefficient (Wildman–Crippen LogP) is 1.71. The van der Waals surface area contributed by atoms with Crippen molar-refractivity contribution in [3.8, 4) is 0 Å². The maximum Gasteiger partial charge on any atom is 0.203 e. The minimum atomic E-state index is 0.270. The van der Waals surface area contributed by atoms with Gasteiger partial charge in [-0.15, -0.1) is 10.2 Å². The van der Waals surface area contributed by atoms with E-state index in [0.717, 1.165) is 11.4 Å². The molecule has 11 heavy (non-hydrogen) atoms. The van der Waals surface area contributed by atoms with Crippen LogP contribution in [0.25, 0.3) is 0 Å². The number of nitrogen functional groups attached to an aromatic ring is 1. The van der Waals surface area contributed by atoms with Gasteiger partial charge in [-0.25, -0.2) is 0 Å². The molecule has 0 aliphatic carbocycles. The van der Waals surface area contributed by atoms with Crippen molar-refractivity contribution < 1.29 is 0 Å².